The van der Waals surface area contributed by atoms with E-state index in [1.54, 1.807) is 6.08 Å². The number of hydrogen-bond acceptors (Lipinski definition) is 3. The topological polar surface area (TPSA) is 69.6 Å². The summed E-state index contributed by atoms with van der Waals surface area (Å²) < 4.78 is 0. The molecule has 0 saturated heterocycles. The normalized spacial score (nSPS) is 13.3. The SMILES string of the molecule is CCC/C=C/C(O)C(CO)NC(=O)CCCCCCCCCCCCCCCCCCCCCCC/C=C\C/C=C\CCCCCCC. The molecule has 3 N–H and O–H groups in total. The van der Waals surface area contributed by atoms with Crippen molar-refractivity contribution in [3.05, 3.63) is 36.5 Å². The molecule has 0 aromatic carbocycles. The highest BCUT2D eigenvalue weighted by Gasteiger charge is 2.17. The summed E-state index contributed by atoms with van der Waals surface area (Å²) in [6.45, 7) is 4.11. The van der Waals surface area contributed by atoms with Crippen LogP contribution in [-0.4, -0.2) is 34.9 Å². The van der Waals surface area contributed by atoms with Crippen molar-refractivity contribution in [1.82, 2.24) is 5.32 Å². The Kier molecular flexibility index (Phi) is 38.9. The Balaban J connectivity index is 3.30. The molecule has 282 valence electrons. The Bertz CT molecular complexity index is 731. The summed E-state index contributed by atoms with van der Waals surface area (Å²) in [5.74, 6) is -0.0743. The zero-order valence-electron chi connectivity index (χ0n) is 32.3. The molecule has 0 aromatic rings. The van der Waals surface area contributed by atoms with Crippen molar-refractivity contribution < 1.29 is 15.0 Å². The van der Waals surface area contributed by atoms with Crippen LogP contribution < -0.4 is 5.32 Å². The molecule has 2 atom stereocenters. The summed E-state index contributed by atoms with van der Waals surface area (Å²) in [6, 6.07) is -0.615. The van der Waals surface area contributed by atoms with Crippen LogP contribution in [0.4, 0.5) is 0 Å². The van der Waals surface area contributed by atoms with E-state index in [0.717, 1.165) is 32.1 Å². The molecule has 1 amide bonds. The van der Waals surface area contributed by atoms with Gasteiger partial charge in [-0.05, 0) is 44.9 Å². The lowest BCUT2D eigenvalue weighted by atomic mass is 10.0. The lowest BCUT2D eigenvalue weighted by molar-refractivity contribution is -0.123. The molecule has 0 bridgehead atoms. The van der Waals surface area contributed by atoms with Crippen LogP contribution >= 0.6 is 0 Å². The Labute approximate surface area is 300 Å². The van der Waals surface area contributed by atoms with Crippen molar-refractivity contribution in [2.24, 2.45) is 0 Å². The number of nitrogens with one attached hydrogen (secondary N) is 1. The zero-order valence-corrected chi connectivity index (χ0v) is 32.3. The average Bonchev–Trinajstić information content (AvgIpc) is 3.09. The highest BCUT2D eigenvalue weighted by atomic mass is 16.3. The molecule has 4 heteroatoms. The van der Waals surface area contributed by atoms with Gasteiger partial charge < -0.3 is 15.5 Å². The van der Waals surface area contributed by atoms with Gasteiger partial charge in [0.2, 0.25) is 5.91 Å². The lowest BCUT2D eigenvalue weighted by Crippen LogP contribution is -2.45. The third-order valence-electron chi connectivity index (χ3n) is 9.60. The molecule has 0 rings (SSSR count). The molecule has 48 heavy (non-hydrogen) atoms. The van der Waals surface area contributed by atoms with Crippen molar-refractivity contribution in [3.8, 4) is 0 Å². The minimum absolute atomic E-state index is 0.0743. The Hall–Kier alpha value is -1.39. The number of carbonyl (C=O) groups is 1. The van der Waals surface area contributed by atoms with Crippen molar-refractivity contribution >= 4 is 5.91 Å². The van der Waals surface area contributed by atoms with Gasteiger partial charge in [-0.25, -0.2) is 0 Å². The van der Waals surface area contributed by atoms with Gasteiger partial charge in [0.05, 0.1) is 18.8 Å². The van der Waals surface area contributed by atoms with Crippen molar-refractivity contribution in [2.45, 2.75) is 231 Å². The van der Waals surface area contributed by atoms with Crippen molar-refractivity contribution in [1.29, 1.82) is 0 Å². The number of aliphatic hydroxyl groups is 2. The van der Waals surface area contributed by atoms with E-state index in [9.17, 15) is 15.0 Å². The zero-order chi connectivity index (χ0) is 35.0. The van der Waals surface area contributed by atoms with Crippen LogP contribution in [0, 0.1) is 0 Å². The summed E-state index contributed by atoms with van der Waals surface area (Å²) in [6.07, 6.45) is 53.4. The number of hydrogen-bond donors (Lipinski definition) is 3. The molecule has 0 aliphatic carbocycles. The Morgan fingerprint density at radius 3 is 1.29 bits per heavy atom. The van der Waals surface area contributed by atoms with Gasteiger partial charge in [-0.3, -0.25) is 4.79 Å². The van der Waals surface area contributed by atoms with Crippen molar-refractivity contribution in [2.75, 3.05) is 6.61 Å². The fourth-order valence-corrected chi connectivity index (χ4v) is 6.33. The van der Waals surface area contributed by atoms with Crippen molar-refractivity contribution in [3.63, 3.8) is 0 Å². The van der Waals surface area contributed by atoms with E-state index in [-0.39, 0.29) is 12.5 Å². The van der Waals surface area contributed by atoms with Gasteiger partial charge in [-0.2, -0.15) is 0 Å². The third-order valence-corrected chi connectivity index (χ3v) is 9.60. The lowest BCUT2D eigenvalue weighted by Gasteiger charge is -2.19. The number of allylic oxidation sites excluding steroid dienone is 5. The maximum atomic E-state index is 12.2. The summed E-state index contributed by atoms with van der Waals surface area (Å²) in [5, 5.41) is 22.4. The molecular weight excluding hydrogens is 590 g/mol. The molecule has 0 saturated carbocycles. The van der Waals surface area contributed by atoms with E-state index in [4.69, 9.17) is 0 Å². The van der Waals surface area contributed by atoms with Gasteiger partial charge in [0.1, 0.15) is 0 Å². The standard InChI is InChI=1S/C44H83NO3/c1-3-5-7-8-9-10-11-12-13-14-15-16-17-18-19-20-21-22-23-24-25-26-27-28-29-30-31-32-33-34-35-36-38-40-44(48)45-42(41-46)43(47)39-37-6-4-2/h11-12,14-15,37,39,42-43,46-47H,3-10,13,16-36,38,40-41H2,1-2H3,(H,45,48)/b12-11-,15-14-,39-37+. The molecule has 2 unspecified atom stereocenters. The Morgan fingerprint density at radius 2 is 0.896 bits per heavy atom. The maximum Gasteiger partial charge on any atom is 0.220 e. The van der Waals surface area contributed by atoms with Gasteiger partial charge >= 0.3 is 0 Å². The van der Waals surface area contributed by atoms with E-state index in [2.05, 4.69) is 43.5 Å². The van der Waals surface area contributed by atoms with Gasteiger partial charge in [-0.1, -0.05) is 204 Å². The predicted octanol–water partition coefficient (Wildman–Crippen LogP) is 13.0. The van der Waals surface area contributed by atoms with E-state index in [1.165, 1.54) is 167 Å². The van der Waals surface area contributed by atoms with E-state index in [0.29, 0.717) is 6.42 Å². The number of aliphatic hydroxyl groups excluding tert-OH is 2. The predicted molar refractivity (Wildman–Crippen MR) is 212 cm³/mol. The largest absolute Gasteiger partial charge is 0.394 e. The second-order valence-corrected chi connectivity index (χ2v) is 14.4. The summed E-state index contributed by atoms with van der Waals surface area (Å²) in [7, 11) is 0. The summed E-state index contributed by atoms with van der Waals surface area (Å²) >= 11 is 0. The van der Waals surface area contributed by atoms with Gasteiger partial charge in [-0.15, -0.1) is 0 Å². The van der Waals surface area contributed by atoms with Crippen LogP contribution in [0.15, 0.2) is 36.5 Å². The molecule has 0 radical (unpaired) electrons. The molecule has 0 fully saturated rings. The number of unbranched alkanes of at least 4 members (excludes halogenated alkanes) is 27. The molecule has 0 aromatic heterocycles. The van der Waals surface area contributed by atoms with E-state index < -0.39 is 12.1 Å². The van der Waals surface area contributed by atoms with Crippen LogP contribution in [0.1, 0.15) is 219 Å². The smallest absolute Gasteiger partial charge is 0.220 e. The van der Waals surface area contributed by atoms with Gasteiger partial charge in [0.15, 0.2) is 0 Å². The molecule has 0 spiro atoms. The van der Waals surface area contributed by atoms with Gasteiger partial charge in [0, 0.05) is 6.42 Å². The number of amides is 1. The maximum absolute atomic E-state index is 12.2. The van der Waals surface area contributed by atoms with Crippen LogP contribution in [0.5, 0.6) is 0 Å². The van der Waals surface area contributed by atoms with Crippen LogP contribution in [-0.2, 0) is 4.79 Å². The summed E-state index contributed by atoms with van der Waals surface area (Å²) in [4.78, 5) is 12.2. The number of carbonyl (C=O) groups excluding carboxylic acids is 1. The molecular formula is C44H83NO3. The third kappa shape index (κ3) is 35.9. The minimum Gasteiger partial charge on any atom is -0.394 e. The Morgan fingerprint density at radius 1 is 0.500 bits per heavy atom. The molecule has 0 heterocycles. The highest BCUT2D eigenvalue weighted by Crippen LogP contribution is 2.16. The van der Waals surface area contributed by atoms with Crippen LogP contribution in [0.25, 0.3) is 0 Å². The fourth-order valence-electron chi connectivity index (χ4n) is 6.33. The van der Waals surface area contributed by atoms with E-state index >= 15 is 0 Å². The highest BCUT2D eigenvalue weighted by molar-refractivity contribution is 5.76. The monoisotopic (exact) mass is 674 g/mol. The van der Waals surface area contributed by atoms with Crippen LogP contribution in [0.3, 0.4) is 0 Å². The first-order chi connectivity index (χ1) is 23.7. The first kappa shape index (κ1) is 46.6. The van der Waals surface area contributed by atoms with Gasteiger partial charge in [0.25, 0.3) is 0 Å². The first-order valence-corrected chi connectivity index (χ1v) is 21.2. The van der Waals surface area contributed by atoms with E-state index in [1.807, 2.05) is 6.08 Å². The average molecular weight is 674 g/mol. The van der Waals surface area contributed by atoms with Crippen LogP contribution in [0.2, 0.25) is 0 Å². The minimum atomic E-state index is -0.832. The second-order valence-electron chi connectivity index (χ2n) is 14.4. The molecule has 0 aliphatic rings. The quantitative estimate of drug-likeness (QED) is 0.0451. The molecule has 4 nitrogen and oxygen atoms in total. The molecule has 0 aliphatic heterocycles. The fraction of sp³-hybridized carbons (Fsp3) is 0.841. The first-order valence-electron chi connectivity index (χ1n) is 21.2. The number of rotatable bonds is 38. The summed E-state index contributed by atoms with van der Waals surface area (Å²) in [5.41, 5.74) is 0. The second kappa shape index (κ2) is 40.0.